The number of nitrogens with one attached hydrogen (secondary N) is 2. The first-order chi connectivity index (χ1) is 29.3. The van der Waals surface area contributed by atoms with Crippen molar-refractivity contribution in [3.05, 3.63) is 142 Å². The molecule has 1 atom stereocenters. The number of carboxylic acids is 1. The maximum absolute atomic E-state index is 13.9. The summed E-state index contributed by atoms with van der Waals surface area (Å²) in [7, 11) is -0.796. The first-order valence-corrected chi connectivity index (χ1v) is 22.4. The van der Waals surface area contributed by atoms with Crippen molar-refractivity contribution in [2.75, 3.05) is 67.5 Å². The van der Waals surface area contributed by atoms with E-state index in [1.54, 1.807) is 6.07 Å². The van der Waals surface area contributed by atoms with Gasteiger partial charge in [-0.05, 0) is 92.3 Å². The number of carbonyl (C=O) groups is 1. The first kappa shape index (κ1) is 43.3. The second-order valence-electron chi connectivity index (χ2n) is 14.9. The highest BCUT2D eigenvalue weighted by Crippen LogP contribution is 2.36. The molecule has 1 aliphatic heterocycles. The van der Waals surface area contributed by atoms with Gasteiger partial charge in [-0.15, -0.1) is 11.8 Å². The lowest BCUT2D eigenvalue weighted by Crippen LogP contribution is -2.46. The zero-order chi connectivity index (χ0) is 43.1. The van der Waals surface area contributed by atoms with E-state index in [2.05, 4.69) is 48.0 Å². The number of thioether (sulfide) groups is 1. The third-order valence-electron chi connectivity index (χ3n) is 10.4. The highest BCUT2D eigenvalue weighted by molar-refractivity contribution is 7.99. The monoisotopic (exact) mass is 880 g/mol. The van der Waals surface area contributed by atoms with Crippen molar-refractivity contribution < 1.29 is 23.2 Å². The lowest BCUT2D eigenvalue weighted by atomic mass is 9.99. The van der Waals surface area contributed by atoms with Gasteiger partial charge in [-0.1, -0.05) is 66.2 Å². The number of aromatic nitrogens is 2. The normalized spacial score (nSPS) is 13.9. The minimum absolute atomic E-state index is 0.0551. The largest absolute Gasteiger partial charge is 0.478 e. The number of halogens is 1. The van der Waals surface area contributed by atoms with Crippen LogP contribution < -0.4 is 14.9 Å². The number of aromatic carboxylic acids is 1. The number of nitro groups is 1. The molecule has 0 spiro atoms. The molecule has 1 fully saturated rings. The number of anilines is 3. The Morgan fingerprint density at radius 3 is 2.36 bits per heavy atom. The van der Waals surface area contributed by atoms with Crippen LogP contribution in [-0.4, -0.2) is 103 Å². The molecule has 1 saturated heterocycles. The molecule has 0 unspecified atom stereocenters. The second kappa shape index (κ2) is 19.3. The molecule has 2 heterocycles. The Balaban J connectivity index is 1.08. The molecule has 0 amide bonds. The fraction of sp³-hybridized carbons (Fsp3) is 0.250. The number of carboxylic acid groups (broad SMARTS) is 1. The Kier molecular flexibility index (Phi) is 13.7. The lowest BCUT2D eigenvalue weighted by molar-refractivity contribution is -0.384. The van der Waals surface area contributed by atoms with E-state index in [0.29, 0.717) is 34.6 Å². The smallest absolute Gasteiger partial charge is 0.338 e. The molecule has 61 heavy (non-hydrogen) atoms. The average molecular weight is 881 g/mol. The summed E-state index contributed by atoms with van der Waals surface area (Å²) in [5.74, 6) is -1.11. The third kappa shape index (κ3) is 10.8. The Hall–Kier alpha value is -5.78. The summed E-state index contributed by atoms with van der Waals surface area (Å²) in [4.78, 5) is 40.0. The van der Waals surface area contributed by atoms with E-state index >= 15 is 0 Å². The van der Waals surface area contributed by atoms with E-state index in [0.717, 1.165) is 72.1 Å². The third-order valence-corrected chi connectivity index (χ3v) is 13.2. The number of rotatable bonds is 17. The van der Waals surface area contributed by atoms with Gasteiger partial charge in [0.1, 0.15) is 12.0 Å². The zero-order valence-electron chi connectivity index (χ0n) is 33.6. The second-order valence-corrected chi connectivity index (χ2v) is 18.2. The Morgan fingerprint density at radius 2 is 1.67 bits per heavy atom. The van der Waals surface area contributed by atoms with Crippen LogP contribution >= 0.6 is 23.4 Å². The molecule has 1 aromatic heterocycles. The SMILES string of the molecule is CN(C)CC[C@H](CSc1ccccc1)Nc1c(C(=O)O)cc(S(=O)(=O)Nc2ncnc3cc(N4CCN(Cc5cc(Cl)ccc5-c5ccccc5)CC4)ccc23)cc1[N+](=O)[O-]. The fourth-order valence-electron chi connectivity index (χ4n) is 7.26. The summed E-state index contributed by atoms with van der Waals surface area (Å²) in [6.45, 7) is 4.45. The summed E-state index contributed by atoms with van der Waals surface area (Å²) < 4.78 is 30.3. The molecule has 0 aliphatic carbocycles. The predicted octanol–water partition coefficient (Wildman–Crippen LogP) is 8.20. The topological polar surface area (TPSA) is 174 Å². The Bertz CT molecular complexity index is 2600. The van der Waals surface area contributed by atoms with E-state index in [4.69, 9.17) is 11.6 Å². The number of piperazine rings is 1. The van der Waals surface area contributed by atoms with E-state index in [-0.39, 0.29) is 11.5 Å². The van der Waals surface area contributed by atoms with Crippen LogP contribution in [0.15, 0.2) is 125 Å². The molecule has 6 aromatic rings. The number of hydrogen-bond acceptors (Lipinski definition) is 12. The van der Waals surface area contributed by atoms with Gasteiger partial charge in [0, 0.05) is 71.6 Å². The predicted molar refractivity (Wildman–Crippen MR) is 243 cm³/mol. The maximum atomic E-state index is 13.9. The number of nitro benzene ring substituents is 1. The maximum Gasteiger partial charge on any atom is 0.338 e. The van der Waals surface area contributed by atoms with Gasteiger partial charge in [0.15, 0.2) is 5.82 Å². The van der Waals surface area contributed by atoms with Crippen molar-refractivity contribution in [2.45, 2.75) is 28.8 Å². The number of hydrogen-bond donors (Lipinski definition) is 3. The average Bonchev–Trinajstić information content (AvgIpc) is 3.25. The summed E-state index contributed by atoms with van der Waals surface area (Å²) in [6.07, 6.45) is 1.76. The van der Waals surface area contributed by atoms with Crippen LogP contribution in [0.2, 0.25) is 5.02 Å². The van der Waals surface area contributed by atoms with Crippen LogP contribution in [0.5, 0.6) is 0 Å². The molecule has 316 valence electrons. The van der Waals surface area contributed by atoms with Crippen LogP contribution in [0.4, 0.5) is 22.9 Å². The van der Waals surface area contributed by atoms with Gasteiger partial charge in [0.05, 0.1) is 20.9 Å². The van der Waals surface area contributed by atoms with Crippen LogP contribution in [0.3, 0.4) is 0 Å². The van der Waals surface area contributed by atoms with Crippen molar-refractivity contribution in [3.63, 3.8) is 0 Å². The van der Waals surface area contributed by atoms with Gasteiger partial charge < -0.3 is 20.2 Å². The minimum Gasteiger partial charge on any atom is -0.478 e. The van der Waals surface area contributed by atoms with E-state index in [1.807, 2.05) is 91.8 Å². The van der Waals surface area contributed by atoms with E-state index < -0.39 is 43.1 Å². The van der Waals surface area contributed by atoms with Crippen LogP contribution in [-0.2, 0) is 16.6 Å². The summed E-state index contributed by atoms with van der Waals surface area (Å²) >= 11 is 7.94. The van der Waals surface area contributed by atoms with Crippen LogP contribution in [0.1, 0.15) is 22.3 Å². The van der Waals surface area contributed by atoms with Gasteiger partial charge in [-0.25, -0.2) is 23.2 Å². The van der Waals surface area contributed by atoms with Crippen LogP contribution in [0.25, 0.3) is 22.0 Å². The molecular formula is C44H45ClN8O6S2. The molecule has 17 heteroatoms. The van der Waals surface area contributed by atoms with Crippen molar-refractivity contribution in [2.24, 2.45) is 0 Å². The molecule has 1 aliphatic rings. The van der Waals surface area contributed by atoms with Gasteiger partial charge in [0.25, 0.3) is 15.7 Å². The summed E-state index contributed by atoms with van der Waals surface area (Å²) in [6, 6.07) is 32.7. The molecule has 14 nitrogen and oxygen atoms in total. The summed E-state index contributed by atoms with van der Waals surface area (Å²) in [5.41, 5.74) is 3.34. The zero-order valence-corrected chi connectivity index (χ0v) is 36.0. The standard InChI is InChI=1S/C44H45ClN8O6S2/c1-50(2)18-17-33(28-60-35-11-7-4-8-12-35)48-42-39(44(54)55)25-36(26-41(42)53(56)57)61(58,59)49-43-38-16-14-34(24-40(38)46-29-47-43)52-21-19-51(20-22-52)27-31-23-32(45)13-15-37(31)30-9-5-3-6-10-30/h3-16,23-26,29,33,48H,17-22,27-28H2,1-2H3,(H,54,55)(H,46,47,49)/t33-/m1/s1. The number of fused-ring (bicyclic) bond motifs is 1. The van der Waals surface area contributed by atoms with Crippen molar-refractivity contribution in [1.29, 1.82) is 0 Å². The highest BCUT2D eigenvalue weighted by Gasteiger charge is 2.30. The van der Waals surface area contributed by atoms with E-state index in [1.165, 1.54) is 18.1 Å². The minimum atomic E-state index is -4.59. The molecule has 5 aromatic carbocycles. The Morgan fingerprint density at radius 1 is 0.951 bits per heavy atom. The van der Waals surface area contributed by atoms with Crippen LogP contribution in [0, 0.1) is 10.1 Å². The molecule has 0 saturated carbocycles. The van der Waals surface area contributed by atoms with Gasteiger partial charge in [-0.2, -0.15) is 0 Å². The van der Waals surface area contributed by atoms with Crippen molar-refractivity contribution >= 4 is 73.1 Å². The van der Waals surface area contributed by atoms with Gasteiger partial charge in [0.2, 0.25) is 0 Å². The summed E-state index contributed by atoms with van der Waals surface area (Å²) in [5, 5.41) is 27.0. The highest BCUT2D eigenvalue weighted by atomic mass is 35.5. The van der Waals surface area contributed by atoms with Crippen molar-refractivity contribution in [3.8, 4) is 11.1 Å². The molecular weight excluding hydrogens is 836 g/mol. The lowest BCUT2D eigenvalue weighted by Gasteiger charge is -2.36. The molecule has 0 bridgehead atoms. The Labute approximate surface area is 363 Å². The van der Waals surface area contributed by atoms with Gasteiger partial charge >= 0.3 is 5.97 Å². The number of nitrogens with zero attached hydrogens (tertiary/aromatic N) is 6. The quantitative estimate of drug-likeness (QED) is 0.0455. The fourth-order valence-corrected chi connectivity index (χ4v) is 9.52. The van der Waals surface area contributed by atoms with E-state index in [9.17, 15) is 28.4 Å². The van der Waals surface area contributed by atoms with Gasteiger partial charge in [-0.3, -0.25) is 19.7 Å². The first-order valence-electron chi connectivity index (χ1n) is 19.6. The molecule has 0 radical (unpaired) electrons. The number of benzene rings is 5. The van der Waals surface area contributed by atoms with Crippen molar-refractivity contribution in [1.82, 2.24) is 19.8 Å². The molecule has 3 N–H and O–H groups in total. The number of sulfonamides is 1. The molecule has 7 rings (SSSR count).